The predicted octanol–water partition coefficient (Wildman–Crippen LogP) is 1.77. The Hall–Kier alpha value is -1.79. The normalized spacial score (nSPS) is 26.6. The lowest BCUT2D eigenvalue weighted by molar-refractivity contribution is -0.123. The van der Waals surface area contributed by atoms with Gasteiger partial charge in [0.1, 0.15) is 11.5 Å². The van der Waals surface area contributed by atoms with Crippen LogP contribution in [0.4, 0.5) is 0 Å². The second-order valence-corrected chi connectivity index (χ2v) is 7.01. The minimum atomic E-state index is -0.809. The molecule has 138 valence electrons. The molecule has 1 aliphatic carbocycles. The van der Waals surface area contributed by atoms with Crippen LogP contribution < -0.4 is 20.1 Å². The number of rotatable bonds is 6. The number of carbonyl (C=O) groups is 1. The maximum atomic E-state index is 12.4. The first-order valence-electron chi connectivity index (χ1n) is 9.05. The van der Waals surface area contributed by atoms with Gasteiger partial charge in [-0.1, -0.05) is 12.8 Å². The van der Waals surface area contributed by atoms with Gasteiger partial charge in [-0.25, -0.2) is 0 Å². The Morgan fingerprint density at radius 3 is 2.56 bits per heavy atom. The predicted molar refractivity (Wildman–Crippen MR) is 94.8 cm³/mol. The fraction of sp³-hybridized carbons (Fsp3) is 0.632. The molecule has 2 aliphatic rings. The molecule has 1 amide bonds. The summed E-state index contributed by atoms with van der Waals surface area (Å²) >= 11 is 0. The van der Waals surface area contributed by atoms with Gasteiger partial charge in [0.25, 0.3) is 0 Å². The Balaban J connectivity index is 1.55. The van der Waals surface area contributed by atoms with Gasteiger partial charge in [0.2, 0.25) is 5.91 Å². The van der Waals surface area contributed by atoms with Crippen LogP contribution >= 0.6 is 0 Å². The second-order valence-electron chi connectivity index (χ2n) is 7.01. The van der Waals surface area contributed by atoms with Crippen LogP contribution in [-0.2, 0) is 4.79 Å². The number of fused-ring (bicyclic) bond motifs is 1. The molecule has 0 radical (unpaired) electrons. The highest BCUT2D eigenvalue weighted by molar-refractivity contribution is 5.82. The first kappa shape index (κ1) is 18.0. The molecular weight excluding hydrogens is 320 g/mol. The molecule has 1 aromatic rings. The molecule has 3 N–H and O–H groups in total. The Labute approximate surface area is 148 Å². The number of nitrogens with one attached hydrogen (secondary N) is 2. The molecule has 3 rings (SSSR count). The number of ether oxygens (including phenoxy) is 2. The van der Waals surface area contributed by atoms with E-state index in [9.17, 15) is 9.90 Å². The van der Waals surface area contributed by atoms with Crippen molar-refractivity contribution in [2.75, 3.05) is 20.8 Å². The highest BCUT2D eigenvalue weighted by Crippen LogP contribution is 2.33. The van der Waals surface area contributed by atoms with Gasteiger partial charge >= 0.3 is 0 Å². The monoisotopic (exact) mass is 348 g/mol. The van der Waals surface area contributed by atoms with E-state index in [0.717, 1.165) is 6.42 Å². The number of aliphatic hydroxyl groups is 1. The van der Waals surface area contributed by atoms with Gasteiger partial charge in [-0.05, 0) is 42.9 Å². The molecule has 6 nitrogen and oxygen atoms in total. The van der Waals surface area contributed by atoms with E-state index in [1.807, 2.05) is 0 Å². The molecule has 4 atom stereocenters. The van der Waals surface area contributed by atoms with E-state index in [1.54, 1.807) is 32.4 Å². The minimum Gasteiger partial charge on any atom is -0.497 e. The molecule has 1 aliphatic heterocycles. The van der Waals surface area contributed by atoms with Crippen molar-refractivity contribution in [2.24, 2.45) is 5.92 Å². The van der Waals surface area contributed by atoms with Crippen LogP contribution in [0.25, 0.3) is 0 Å². The summed E-state index contributed by atoms with van der Waals surface area (Å²) in [6.07, 6.45) is 5.00. The molecule has 0 spiro atoms. The van der Waals surface area contributed by atoms with Crippen LogP contribution in [0, 0.1) is 5.92 Å². The zero-order valence-electron chi connectivity index (χ0n) is 15.0. The van der Waals surface area contributed by atoms with Gasteiger partial charge in [-0.15, -0.1) is 0 Å². The summed E-state index contributed by atoms with van der Waals surface area (Å²) in [6.45, 7) is 0.169. The van der Waals surface area contributed by atoms with Crippen molar-refractivity contribution in [3.05, 3.63) is 23.8 Å². The maximum Gasteiger partial charge on any atom is 0.237 e. The van der Waals surface area contributed by atoms with E-state index in [1.165, 1.54) is 25.7 Å². The van der Waals surface area contributed by atoms with Gasteiger partial charge in [-0.3, -0.25) is 4.79 Å². The molecule has 6 heteroatoms. The zero-order valence-corrected chi connectivity index (χ0v) is 15.0. The Morgan fingerprint density at radius 1 is 1.24 bits per heavy atom. The number of methoxy groups -OCH3 is 2. The largest absolute Gasteiger partial charge is 0.497 e. The number of amides is 1. The maximum absolute atomic E-state index is 12.4. The van der Waals surface area contributed by atoms with Crippen LogP contribution in [0.5, 0.6) is 11.5 Å². The number of benzene rings is 1. The molecule has 4 unspecified atom stereocenters. The van der Waals surface area contributed by atoms with E-state index >= 15 is 0 Å². The van der Waals surface area contributed by atoms with Crippen LogP contribution in [0.1, 0.15) is 43.8 Å². The van der Waals surface area contributed by atoms with Crippen molar-refractivity contribution in [1.29, 1.82) is 0 Å². The fourth-order valence-corrected chi connectivity index (χ4v) is 3.98. The van der Waals surface area contributed by atoms with Crippen molar-refractivity contribution in [3.8, 4) is 11.5 Å². The standard InChI is InChI=1S/C19H28N2O4/c1-24-14-7-13(8-15(10-14)25-2)18(22)11-20-19(23)17-9-12-5-3-4-6-16(12)21-17/h7-8,10,12,16-18,21-22H,3-6,9,11H2,1-2H3,(H,20,23). The van der Waals surface area contributed by atoms with Crippen molar-refractivity contribution in [3.63, 3.8) is 0 Å². The quantitative estimate of drug-likeness (QED) is 0.730. The van der Waals surface area contributed by atoms with Crippen LogP contribution in [0.3, 0.4) is 0 Å². The van der Waals surface area contributed by atoms with Gasteiger partial charge in [0.15, 0.2) is 0 Å². The van der Waals surface area contributed by atoms with Crippen LogP contribution in [0.15, 0.2) is 18.2 Å². The van der Waals surface area contributed by atoms with Crippen molar-refractivity contribution in [2.45, 2.75) is 50.3 Å². The summed E-state index contributed by atoms with van der Waals surface area (Å²) in [5.74, 6) is 1.82. The van der Waals surface area contributed by atoms with Gasteiger partial charge < -0.3 is 25.2 Å². The van der Waals surface area contributed by atoms with E-state index in [4.69, 9.17) is 9.47 Å². The molecule has 1 aromatic carbocycles. The summed E-state index contributed by atoms with van der Waals surface area (Å²) in [4.78, 5) is 12.4. The molecule has 25 heavy (non-hydrogen) atoms. The molecule has 0 bridgehead atoms. The average molecular weight is 348 g/mol. The van der Waals surface area contributed by atoms with E-state index in [-0.39, 0.29) is 18.5 Å². The molecule has 0 aromatic heterocycles. The topological polar surface area (TPSA) is 79.8 Å². The molecule has 1 saturated heterocycles. The lowest BCUT2D eigenvalue weighted by Crippen LogP contribution is -2.44. The Kier molecular flexibility index (Phi) is 5.81. The number of aliphatic hydroxyl groups excluding tert-OH is 1. The highest BCUT2D eigenvalue weighted by atomic mass is 16.5. The molecule has 2 fully saturated rings. The number of hydrogen-bond donors (Lipinski definition) is 3. The zero-order chi connectivity index (χ0) is 17.8. The van der Waals surface area contributed by atoms with Crippen LogP contribution in [-0.4, -0.2) is 43.9 Å². The highest BCUT2D eigenvalue weighted by Gasteiger charge is 2.38. The summed E-state index contributed by atoms with van der Waals surface area (Å²) in [7, 11) is 3.13. The third kappa shape index (κ3) is 4.25. The van der Waals surface area contributed by atoms with Gasteiger partial charge in [0.05, 0.1) is 26.4 Å². The average Bonchev–Trinajstić information content (AvgIpc) is 3.09. The first-order chi connectivity index (χ1) is 12.1. The van der Waals surface area contributed by atoms with Crippen LogP contribution in [0.2, 0.25) is 0 Å². The fourth-order valence-electron chi connectivity index (χ4n) is 3.98. The Morgan fingerprint density at radius 2 is 1.92 bits per heavy atom. The van der Waals surface area contributed by atoms with Crippen molar-refractivity contribution < 1.29 is 19.4 Å². The first-order valence-corrected chi connectivity index (χ1v) is 9.05. The third-order valence-corrected chi connectivity index (χ3v) is 5.41. The SMILES string of the molecule is COc1cc(OC)cc(C(O)CNC(=O)C2CC3CCCCC3N2)c1. The van der Waals surface area contributed by atoms with Gasteiger partial charge in [0, 0.05) is 18.7 Å². The van der Waals surface area contributed by atoms with E-state index in [0.29, 0.717) is 29.0 Å². The molecular formula is C19H28N2O4. The minimum absolute atomic E-state index is 0.0247. The summed E-state index contributed by atoms with van der Waals surface area (Å²) < 4.78 is 10.4. The Bertz CT molecular complexity index is 571. The number of hydrogen-bond acceptors (Lipinski definition) is 5. The van der Waals surface area contributed by atoms with Crippen molar-refractivity contribution in [1.82, 2.24) is 10.6 Å². The molecule has 1 heterocycles. The summed E-state index contributed by atoms with van der Waals surface area (Å²) in [5, 5.41) is 16.7. The lowest BCUT2D eigenvalue weighted by Gasteiger charge is -2.24. The van der Waals surface area contributed by atoms with E-state index < -0.39 is 6.10 Å². The molecule has 1 saturated carbocycles. The van der Waals surface area contributed by atoms with Crippen molar-refractivity contribution >= 4 is 5.91 Å². The summed E-state index contributed by atoms with van der Waals surface area (Å²) in [5.41, 5.74) is 0.657. The second kappa shape index (κ2) is 8.06. The smallest absolute Gasteiger partial charge is 0.237 e. The third-order valence-electron chi connectivity index (χ3n) is 5.41. The summed E-state index contributed by atoms with van der Waals surface area (Å²) in [6, 6.07) is 5.60. The lowest BCUT2D eigenvalue weighted by atomic mass is 9.85. The van der Waals surface area contributed by atoms with Gasteiger partial charge in [-0.2, -0.15) is 0 Å². The number of carbonyl (C=O) groups excluding carboxylic acids is 1. The van der Waals surface area contributed by atoms with E-state index in [2.05, 4.69) is 10.6 Å².